The molecule has 1 aliphatic rings. The van der Waals surface area contributed by atoms with Gasteiger partial charge in [-0.2, -0.15) is 0 Å². The molecule has 1 atom stereocenters. The van der Waals surface area contributed by atoms with Crippen molar-refractivity contribution >= 4 is 17.5 Å². The average molecular weight is 323 g/mol. The van der Waals surface area contributed by atoms with E-state index in [0.717, 1.165) is 31.7 Å². The van der Waals surface area contributed by atoms with Gasteiger partial charge in [0.1, 0.15) is 5.82 Å². The van der Waals surface area contributed by atoms with Crippen LogP contribution in [-0.4, -0.2) is 36.3 Å². The highest BCUT2D eigenvalue weighted by atomic mass is 16.2. The van der Waals surface area contributed by atoms with Crippen molar-refractivity contribution < 1.29 is 9.59 Å². The first-order valence-electron chi connectivity index (χ1n) is 8.27. The number of rotatable bonds is 5. The summed E-state index contributed by atoms with van der Waals surface area (Å²) in [4.78, 5) is 30.7. The third-order valence-corrected chi connectivity index (χ3v) is 4.29. The van der Waals surface area contributed by atoms with Crippen molar-refractivity contribution in [2.24, 2.45) is 5.92 Å². The molecular weight excluding hydrogens is 302 g/mol. The first-order chi connectivity index (χ1) is 11.7. The smallest absolute Gasteiger partial charge is 0.292 e. The van der Waals surface area contributed by atoms with Gasteiger partial charge in [0, 0.05) is 31.4 Å². The number of piperidine rings is 1. The fraction of sp³-hybridized carbons (Fsp3) is 0.316. The van der Waals surface area contributed by atoms with Crippen molar-refractivity contribution in [2.75, 3.05) is 24.5 Å². The first kappa shape index (κ1) is 16.2. The van der Waals surface area contributed by atoms with Crippen molar-refractivity contribution in [3.05, 3.63) is 60.3 Å². The van der Waals surface area contributed by atoms with Crippen LogP contribution in [-0.2, 0) is 4.79 Å². The van der Waals surface area contributed by atoms with Crippen molar-refractivity contribution in [1.29, 1.82) is 0 Å². The third kappa shape index (κ3) is 3.98. The van der Waals surface area contributed by atoms with E-state index in [2.05, 4.69) is 15.2 Å². The number of ketones is 1. The molecule has 5 heteroatoms. The van der Waals surface area contributed by atoms with E-state index >= 15 is 0 Å². The summed E-state index contributed by atoms with van der Waals surface area (Å²) in [7, 11) is 0. The second kappa shape index (κ2) is 7.73. The molecule has 0 saturated carbocycles. The maximum Gasteiger partial charge on any atom is 0.292 e. The molecule has 0 spiro atoms. The molecule has 124 valence electrons. The maximum absolute atomic E-state index is 12.1. The third-order valence-electron chi connectivity index (χ3n) is 4.29. The number of hydrogen-bond donors (Lipinski definition) is 1. The second-order valence-electron chi connectivity index (χ2n) is 6.05. The maximum atomic E-state index is 12.1. The summed E-state index contributed by atoms with van der Waals surface area (Å²) in [6.07, 6.45) is 3.89. The number of benzene rings is 1. The number of amides is 1. The molecule has 1 fully saturated rings. The van der Waals surface area contributed by atoms with Gasteiger partial charge in [-0.1, -0.05) is 36.4 Å². The molecule has 3 rings (SSSR count). The molecular formula is C19H21N3O2. The SMILES string of the molecule is O=C(NCC1CCCN(c2ccccn2)C1)C(=O)c1ccccc1. The molecule has 5 nitrogen and oxygen atoms in total. The Hall–Kier alpha value is -2.69. The van der Waals surface area contributed by atoms with E-state index in [-0.39, 0.29) is 0 Å². The molecule has 1 aromatic heterocycles. The van der Waals surface area contributed by atoms with Crippen molar-refractivity contribution in [2.45, 2.75) is 12.8 Å². The van der Waals surface area contributed by atoms with Crippen molar-refractivity contribution in [3.63, 3.8) is 0 Å². The van der Waals surface area contributed by atoms with Gasteiger partial charge in [0.25, 0.3) is 5.91 Å². The van der Waals surface area contributed by atoms with Gasteiger partial charge >= 0.3 is 0 Å². The zero-order valence-electron chi connectivity index (χ0n) is 13.5. The van der Waals surface area contributed by atoms with Gasteiger partial charge in [0.05, 0.1) is 0 Å². The summed E-state index contributed by atoms with van der Waals surface area (Å²) < 4.78 is 0. The van der Waals surface area contributed by atoms with Crippen LogP contribution in [0.25, 0.3) is 0 Å². The van der Waals surface area contributed by atoms with E-state index in [9.17, 15) is 9.59 Å². The average Bonchev–Trinajstić information content (AvgIpc) is 2.67. The fourth-order valence-electron chi connectivity index (χ4n) is 3.02. The van der Waals surface area contributed by atoms with Crippen LogP contribution < -0.4 is 10.2 Å². The van der Waals surface area contributed by atoms with Gasteiger partial charge in [-0.05, 0) is 30.9 Å². The lowest BCUT2D eigenvalue weighted by Crippen LogP contribution is -2.42. The van der Waals surface area contributed by atoms with Gasteiger partial charge in [0.2, 0.25) is 5.78 Å². The largest absolute Gasteiger partial charge is 0.356 e. The van der Waals surface area contributed by atoms with Crippen LogP contribution in [0.2, 0.25) is 0 Å². The van der Waals surface area contributed by atoms with Crippen LogP contribution in [0.5, 0.6) is 0 Å². The zero-order chi connectivity index (χ0) is 16.8. The molecule has 0 aliphatic carbocycles. The summed E-state index contributed by atoms with van der Waals surface area (Å²) in [5.41, 5.74) is 0.425. The minimum Gasteiger partial charge on any atom is -0.356 e. The minimum absolute atomic E-state index is 0.327. The molecule has 1 saturated heterocycles. The van der Waals surface area contributed by atoms with Crippen LogP contribution in [0, 0.1) is 5.92 Å². The molecule has 2 heterocycles. The highest BCUT2D eigenvalue weighted by molar-refractivity contribution is 6.42. The Labute approximate surface area is 141 Å². The summed E-state index contributed by atoms with van der Waals surface area (Å²) in [5.74, 6) is 0.284. The number of aromatic nitrogens is 1. The normalized spacial score (nSPS) is 17.3. The number of anilines is 1. The summed E-state index contributed by atoms with van der Waals surface area (Å²) in [5, 5.41) is 2.79. The zero-order valence-corrected chi connectivity index (χ0v) is 13.5. The van der Waals surface area contributed by atoms with Gasteiger partial charge in [-0.3, -0.25) is 9.59 Å². The van der Waals surface area contributed by atoms with Crippen molar-refractivity contribution in [1.82, 2.24) is 10.3 Å². The number of hydrogen-bond acceptors (Lipinski definition) is 4. The summed E-state index contributed by atoms with van der Waals surface area (Å²) >= 11 is 0. The molecule has 1 amide bonds. The molecule has 0 radical (unpaired) electrons. The lowest BCUT2D eigenvalue weighted by atomic mass is 9.97. The Balaban J connectivity index is 1.53. The Kier molecular flexibility index (Phi) is 5.21. The summed E-state index contributed by atoms with van der Waals surface area (Å²) in [6.45, 7) is 2.34. The molecule has 0 bridgehead atoms. The Morgan fingerprint density at radius 3 is 2.67 bits per heavy atom. The van der Waals surface area contributed by atoms with E-state index in [0.29, 0.717) is 18.0 Å². The molecule has 1 aromatic carbocycles. The summed E-state index contributed by atoms with van der Waals surface area (Å²) in [6, 6.07) is 14.5. The molecule has 1 N–H and O–H groups in total. The quantitative estimate of drug-likeness (QED) is 0.677. The van der Waals surface area contributed by atoms with Gasteiger partial charge in [-0.25, -0.2) is 4.98 Å². The fourth-order valence-corrected chi connectivity index (χ4v) is 3.02. The van der Waals surface area contributed by atoms with E-state index in [1.165, 1.54) is 0 Å². The molecule has 2 aromatic rings. The molecule has 24 heavy (non-hydrogen) atoms. The first-order valence-corrected chi connectivity index (χ1v) is 8.27. The number of nitrogens with zero attached hydrogens (tertiary/aromatic N) is 2. The lowest BCUT2D eigenvalue weighted by Gasteiger charge is -2.33. The van der Waals surface area contributed by atoms with Crippen LogP contribution in [0.1, 0.15) is 23.2 Å². The standard InChI is InChI=1S/C19H21N3O2/c23-18(16-8-2-1-3-9-16)19(24)21-13-15-7-6-12-22(14-15)17-10-4-5-11-20-17/h1-5,8-11,15H,6-7,12-14H2,(H,21,24). The monoisotopic (exact) mass is 323 g/mol. The predicted molar refractivity (Wildman–Crippen MR) is 93.0 cm³/mol. The lowest BCUT2D eigenvalue weighted by molar-refractivity contribution is -0.117. The van der Waals surface area contributed by atoms with Gasteiger partial charge in [-0.15, -0.1) is 0 Å². The van der Waals surface area contributed by atoms with Crippen LogP contribution in [0.3, 0.4) is 0 Å². The van der Waals surface area contributed by atoms with Gasteiger partial charge < -0.3 is 10.2 Å². The Morgan fingerprint density at radius 2 is 1.92 bits per heavy atom. The highest BCUT2D eigenvalue weighted by Crippen LogP contribution is 2.20. The van der Waals surface area contributed by atoms with E-state index in [1.807, 2.05) is 24.3 Å². The van der Waals surface area contributed by atoms with Crippen LogP contribution in [0.4, 0.5) is 5.82 Å². The minimum atomic E-state index is -0.531. The van der Waals surface area contributed by atoms with E-state index < -0.39 is 11.7 Å². The van der Waals surface area contributed by atoms with Gasteiger partial charge in [0.15, 0.2) is 0 Å². The van der Waals surface area contributed by atoms with E-state index in [1.54, 1.807) is 30.5 Å². The van der Waals surface area contributed by atoms with E-state index in [4.69, 9.17) is 0 Å². The van der Waals surface area contributed by atoms with Crippen LogP contribution >= 0.6 is 0 Å². The van der Waals surface area contributed by atoms with Crippen LogP contribution in [0.15, 0.2) is 54.7 Å². The number of Topliss-reactive ketones (excluding diaryl/α,β-unsaturated/α-hetero) is 1. The predicted octanol–water partition coefficient (Wildman–Crippen LogP) is 2.30. The second-order valence-corrected chi connectivity index (χ2v) is 6.05. The number of pyridine rings is 1. The number of nitrogens with one attached hydrogen (secondary N) is 1. The molecule has 1 aliphatic heterocycles. The number of carbonyl (C=O) groups is 2. The Morgan fingerprint density at radius 1 is 1.12 bits per heavy atom. The topological polar surface area (TPSA) is 62.3 Å². The number of carbonyl (C=O) groups excluding carboxylic acids is 2. The Bertz CT molecular complexity index is 688. The van der Waals surface area contributed by atoms with Crippen molar-refractivity contribution in [3.8, 4) is 0 Å². The highest BCUT2D eigenvalue weighted by Gasteiger charge is 2.23. The molecule has 1 unspecified atom stereocenters.